The molecule has 154 valence electrons. The van der Waals surface area contributed by atoms with Gasteiger partial charge in [0.25, 0.3) is 0 Å². The molecule has 0 bridgehead atoms. The summed E-state index contributed by atoms with van der Waals surface area (Å²) in [5.74, 6) is -0.615. The Hall–Kier alpha value is -0.286. The second kappa shape index (κ2) is 19.0. The van der Waals surface area contributed by atoms with Gasteiger partial charge in [-0.3, -0.25) is 0 Å². The van der Waals surface area contributed by atoms with Crippen molar-refractivity contribution in [1.29, 1.82) is 0 Å². The maximum atomic E-state index is 11.0. The van der Waals surface area contributed by atoms with Gasteiger partial charge in [0, 0.05) is 11.1 Å². The van der Waals surface area contributed by atoms with E-state index in [1.165, 1.54) is 0 Å². The second-order valence-corrected chi connectivity index (χ2v) is 8.53. The number of hydrogen-bond donors (Lipinski definition) is 0. The van der Waals surface area contributed by atoms with Gasteiger partial charge >= 0.3 is 47.6 Å². The molecule has 0 aliphatic carbocycles. The molecular weight excluding hydrogens is 423 g/mol. The molecule has 7 heteroatoms. The summed E-state index contributed by atoms with van der Waals surface area (Å²) >= 11 is -0.556. The average molecular weight is 455 g/mol. The summed E-state index contributed by atoms with van der Waals surface area (Å²) in [7, 11) is 9.78. The van der Waals surface area contributed by atoms with Crippen molar-refractivity contribution < 1.29 is 36.1 Å². The van der Waals surface area contributed by atoms with Crippen LogP contribution in [-0.4, -0.2) is 24.1 Å². The molecule has 0 aromatic rings. The third kappa shape index (κ3) is 18.8. The van der Waals surface area contributed by atoms with Crippen LogP contribution in [-0.2, 0) is 36.1 Å². The van der Waals surface area contributed by atoms with Crippen molar-refractivity contribution in [3.8, 4) is 0 Å². The Morgan fingerprint density at radius 1 is 0.889 bits per heavy atom. The van der Waals surface area contributed by atoms with Crippen LogP contribution in [0.5, 0.6) is 0 Å². The predicted octanol–water partition coefficient (Wildman–Crippen LogP) is 5.71. The van der Waals surface area contributed by atoms with Gasteiger partial charge in [-0.1, -0.05) is 13.2 Å². The maximum absolute atomic E-state index is 11.0. The molecule has 0 amide bonds. The van der Waals surface area contributed by atoms with Gasteiger partial charge in [-0.2, -0.15) is 11.8 Å². The van der Waals surface area contributed by atoms with Gasteiger partial charge in [0.15, 0.2) is 0 Å². The van der Waals surface area contributed by atoms with Gasteiger partial charge in [-0.25, -0.2) is 22.4 Å². The van der Waals surface area contributed by atoms with Gasteiger partial charge in [-0.15, -0.1) is 0 Å². The fourth-order valence-corrected chi connectivity index (χ4v) is 1.20. The van der Waals surface area contributed by atoms with E-state index in [1.54, 1.807) is 13.8 Å². The van der Waals surface area contributed by atoms with Gasteiger partial charge in [0.2, 0.25) is 0 Å². The zero-order valence-electron chi connectivity index (χ0n) is 16.9. The van der Waals surface area contributed by atoms with Crippen LogP contribution in [0.1, 0.15) is 40.5 Å². The Morgan fingerprint density at radius 2 is 1.11 bits per heavy atom. The summed E-state index contributed by atoms with van der Waals surface area (Å²) in [5, 5.41) is 0. The summed E-state index contributed by atoms with van der Waals surface area (Å²) in [6.07, 6.45) is 0.938. The van der Waals surface area contributed by atoms with Crippen molar-refractivity contribution in [3.05, 3.63) is 52.0 Å². The molecule has 0 aromatic heterocycles. The van der Waals surface area contributed by atoms with Crippen LogP contribution >= 0.6 is 18.6 Å². The molecule has 0 saturated heterocycles. The average Bonchev–Trinajstić information content (AvgIpc) is 2.60. The molecule has 27 heavy (non-hydrogen) atoms. The van der Waals surface area contributed by atoms with Crippen LogP contribution < -0.4 is 0 Å². The van der Waals surface area contributed by atoms with Crippen LogP contribution in [0.25, 0.3) is 0 Å². The first-order chi connectivity index (χ1) is 12.4. The van der Waals surface area contributed by atoms with Crippen molar-refractivity contribution >= 4 is 30.5 Å². The predicted molar refractivity (Wildman–Crippen MR) is 110 cm³/mol. The van der Waals surface area contributed by atoms with Gasteiger partial charge < -0.3 is 37.2 Å². The Labute approximate surface area is 182 Å². The Bertz CT molecular complexity index is 415. The Balaban J connectivity index is -0.000000372. The molecule has 0 rings (SSSR count). The van der Waals surface area contributed by atoms with Crippen molar-refractivity contribution in [2.75, 3.05) is 0 Å². The van der Waals surface area contributed by atoms with E-state index >= 15 is 0 Å². The van der Waals surface area contributed by atoms with E-state index in [9.17, 15) is 9.59 Å². The molecule has 0 fully saturated rings. The molecule has 0 saturated carbocycles. The van der Waals surface area contributed by atoms with E-state index in [2.05, 4.69) is 40.9 Å². The topological polar surface area (TPSA) is 52.6 Å². The standard InChI is InChI=1S/2C10H16O2.2ClH.Ti/c2*1-6-8(4)9(5)12-10(11)7(2)3;;;/h2*8-9H,1-2,4,6H2,3,5H3;2*1H;/q2*-2;;;+6/p-2. The molecule has 0 spiro atoms. The molecule has 4 unspecified atom stereocenters. The number of carbonyl (C=O) groups excluding carboxylic acids is 2. The molecule has 4 atom stereocenters. The van der Waals surface area contributed by atoms with Crippen molar-refractivity contribution in [2.24, 2.45) is 11.8 Å². The molecule has 0 aromatic carbocycles. The fourth-order valence-electron chi connectivity index (χ4n) is 1.20. The number of carbonyl (C=O) groups is 2. The third-order valence-electron chi connectivity index (χ3n) is 3.35. The summed E-state index contributed by atoms with van der Waals surface area (Å²) in [6.45, 7) is 28.8. The van der Waals surface area contributed by atoms with Crippen LogP contribution in [0.3, 0.4) is 0 Å². The molecule has 0 N–H and O–H groups in total. The summed E-state index contributed by atoms with van der Waals surface area (Å²) in [5.41, 5.74) is 0.830. The molecule has 0 aliphatic heterocycles. The number of halogens is 2. The van der Waals surface area contributed by atoms with E-state index in [4.69, 9.17) is 28.1 Å². The van der Waals surface area contributed by atoms with Crippen molar-refractivity contribution in [3.63, 3.8) is 0 Å². The fraction of sp³-hybridized carbons (Fsp3) is 0.500. The SMILES string of the molecule is C=C(C)C(=O)OC(C)C([CH2-])C[CH2-].C=C(C)C(=O)OC(C)C([CH2-])C[CH2-].[Cl][Ti+4][Cl]. The molecule has 0 heterocycles. The second-order valence-electron chi connectivity index (χ2n) is 5.95. The van der Waals surface area contributed by atoms with E-state index in [-0.39, 0.29) is 36.0 Å². The first-order valence-corrected chi connectivity index (χ1v) is 12.6. The molecule has 4 nitrogen and oxygen atoms in total. The third-order valence-corrected chi connectivity index (χ3v) is 3.35. The molecular formula is C20H32Cl2O4Ti. The number of esters is 2. The van der Waals surface area contributed by atoms with Crippen LogP contribution in [0.15, 0.2) is 24.3 Å². The zero-order valence-corrected chi connectivity index (χ0v) is 19.9. The van der Waals surface area contributed by atoms with E-state index in [1.807, 2.05) is 13.8 Å². The quantitative estimate of drug-likeness (QED) is 0.204. The Morgan fingerprint density at radius 3 is 1.26 bits per heavy atom. The number of rotatable bonds is 8. The summed E-state index contributed by atoms with van der Waals surface area (Å²) in [4.78, 5) is 22.0. The Kier molecular flexibility index (Phi) is 22.2. The monoisotopic (exact) mass is 454 g/mol. The number of hydrogen-bond acceptors (Lipinski definition) is 4. The van der Waals surface area contributed by atoms with E-state index < -0.39 is 17.0 Å². The van der Waals surface area contributed by atoms with Gasteiger partial charge in [-0.05, 0) is 27.7 Å². The van der Waals surface area contributed by atoms with Crippen LogP contribution in [0.2, 0.25) is 0 Å². The van der Waals surface area contributed by atoms with Gasteiger partial charge in [0.1, 0.15) is 0 Å². The van der Waals surface area contributed by atoms with Crippen molar-refractivity contribution in [1.82, 2.24) is 0 Å². The zero-order chi connectivity index (χ0) is 22.2. The van der Waals surface area contributed by atoms with Crippen LogP contribution in [0.4, 0.5) is 0 Å². The minimum atomic E-state index is -0.556. The van der Waals surface area contributed by atoms with E-state index in [0.29, 0.717) is 24.0 Å². The molecule has 0 aliphatic rings. The molecule has 0 radical (unpaired) electrons. The first-order valence-electron chi connectivity index (χ1n) is 8.33. The van der Waals surface area contributed by atoms with Crippen LogP contribution in [0, 0.1) is 39.5 Å². The number of ether oxygens (including phenoxy) is 2. The first kappa shape index (κ1) is 31.4. The normalized spacial score (nSPS) is 14.1. The summed E-state index contributed by atoms with van der Waals surface area (Å²) < 4.78 is 10.0. The summed E-state index contributed by atoms with van der Waals surface area (Å²) in [6, 6.07) is 0. The van der Waals surface area contributed by atoms with Gasteiger partial charge in [0.05, 0.1) is 12.2 Å². The van der Waals surface area contributed by atoms with Crippen molar-refractivity contribution in [2.45, 2.75) is 52.7 Å². The minimum absolute atomic E-state index is 0.0494. The van der Waals surface area contributed by atoms with E-state index in [0.717, 1.165) is 0 Å².